The van der Waals surface area contributed by atoms with Crippen LogP contribution in [0.1, 0.15) is 284 Å². The Morgan fingerprint density at radius 3 is 1.00 bits per heavy atom. The van der Waals surface area contributed by atoms with Crippen molar-refractivity contribution in [3.05, 3.63) is 36.5 Å². The van der Waals surface area contributed by atoms with Crippen LogP contribution < -0.4 is 0 Å². The predicted octanol–water partition coefficient (Wildman–Crippen LogP) is 17.7. The van der Waals surface area contributed by atoms with Crippen LogP contribution in [0.5, 0.6) is 0 Å². The molecule has 62 heavy (non-hydrogen) atoms. The Hall–Kier alpha value is -2.37. The fraction of sp³-hybridized carbons (Fsp3) is 0.839. The first kappa shape index (κ1) is 59.6. The van der Waals surface area contributed by atoms with Crippen LogP contribution >= 0.6 is 0 Å². The average molecular weight is 871 g/mol. The molecule has 0 aliphatic heterocycles. The maximum atomic E-state index is 12.8. The molecule has 0 aromatic rings. The lowest BCUT2D eigenvalue weighted by Gasteiger charge is -2.18. The van der Waals surface area contributed by atoms with E-state index in [9.17, 15) is 14.4 Å². The van der Waals surface area contributed by atoms with Crippen molar-refractivity contribution in [3.63, 3.8) is 0 Å². The highest BCUT2D eigenvalue weighted by Gasteiger charge is 2.19. The summed E-state index contributed by atoms with van der Waals surface area (Å²) in [5, 5.41) is 0. The summed E-state index contributed by atoms with van der Waals surface area (Å²) in [6.45, 7) is 6.53. The van der Waals surface area contributed by atoms with E-state index >= 15 is 0 Å². The van der Waals surface area contributed by atoms with E-state index in [-0.39, 0.29) is 31.1 Å². The smallest absolute Gasteiger partial charge is 0.306 e. The highest BCUT2D eigenvalue weighted by molar-refractivity contribution is 5.71. The SMILES string of the molecule is CC/C=C\C/C=C\CCCCCCCC(=O)OCC(COC(=O)CCCCCCCCCCCCCCCCCCC)OC(=O)CCCCCCCCC/C=C\CCCCCC. The topological polar surface area (TPSA) is 78.9 Å². The number of carbonyl (C=O) groups excluding carboxylic acids is 3. The van der Waals surface area contributed by atoms with E-state index in [0.29, 0.717) is 19.3 Å². The van der Waals surface area contributed by atoms with Gasteiger partial charge in [-0.15, -0.1) is 0 Å². The molecular formula is C56H102O6. The lowest BCUT2D eigenvalue weighted by molar-refractivity contribution is -0.167. The number of esters is 3. The molecule has 0 saturated carbocycles. The highest BCUT2D eigenvalue weighted by Crippen LogP contribution is 2.16. The maximum Gasteiger partial charge on any atom is 0.306 e. The van der Waals surface area contributed by atoms with E-state index in [1.54, 1.807) is 0 Å². The standard InChI is InChI=1S/C56H102O6/c1-4-7-10-13-16-19-22-25-27-28-30-31-34-37-40-43-46-49-55(58)61-52-53(51-60-54(57)48-45-42-39-36-33-24-21-18-15-12-9-6-3)62-56(59)50-47-44-41-38-35-32-29-26-23-20-17-14-11-8-5-2/h9,12,18,20-21,23,53H,4-8,10-11,13-17,19,22,24-52H2,1-3H3/b12-9-,21-18-,23-20-. The number of allylic oxidation sites excluding steroid dienone is 6. The van der Waals surface area contributed by atoms with Crippen LogP contribution in [0.25, 0.3) is 0 Å². The third-order valence-corrected chi connectivity index (χ3v) is 11.9. The second kappa shape index (κ2) is 51.3. The molecule has 0 radical (unpaired) electrons. The zero-order chi connectivity index (χ0) is 45.1. The first-order chi connectivity index (χ1) is 30.5. The van der Waals surface area contributed by atoms with Gasteiger partial charge in [0.1, 0.15) is 13.2 Å². The fourth-order valence-corrected chi connectivity index (χ4v) is 7.83. The third kappa shape index (κ3) is 48.7. The van der Waals surface area contributed by atoms with Crippen LogP contribution in [-0.4, -0.2) is 37.2 Å². The Balaban J connectivity index is 4.33. The molecule has 0 amide bonds. The molecule has 362 valence electrons. The second-order valence-electron chi connectivity index (χ2n) is 18.1. The molecule has 0 heterocycles. The molecule has 0 aromatic carbocycles. The highest BCUT2D eigenvalue weighted by atomic mass is 16.6. The van der Waals surface area contributed by atoms with E-state index in [0.717, 1.165) is 83.5 Å². The molecule has 0 bridgehead atoms. The van der Waals surface area contributed by atoms with Gasteiger partial charge >= 0.3 is 17.9 Å². The van der Waals surface area contributed by atoms with E-state index < -0.39 is 6.10 Å². The van der Waals surface area contributed by atoms with E-state index in [1.165, 1.54) is 161 Å². The minimum absolute atomic E-state index is 0.0752. The van der Waals surface area contributed by atoms with Crippen LogP contribution in [0.15, 0.2) is 36.5 Å². The lowest BCUT2D eigenvalue weighted by atomic mass is 10.0. The van der Waals surface area contributed by atoms with Crippen molar-refractivity contribution < 1.29 is 28.6 Å². The van der Waals surface area contributed by atoms with Crippen LogP contribution in [-0.2, 0) is 28.6 Å². The number of unbranched alkanes of at least 4 members (excludes halogenated alkanes) is 32. The van der Waals surface area contributed by atoms with Crippen LogP contribution in [0.2, 0.25) is 0 Å². The minimum Gasteiger partial charge on any atom is -0.462 e. The fourth-order valence-electron chi connectivity index (χ4n) is 7.83. The maximum absolute atomic E-state index is 12.8. The molecule has 6 nitrogen and oxygen atoms in total. The Labute approximate surface area is 385 Å². The third-order valence-electron chi connectivity index (χ3n) is 11.9. The number of hydrogen-bond donors (Lipinski definition) is 0. The van der Waals surface area contributed by atoms with Crippen molar-refractivity contribution in [2.45, 2.75) is 290 Å². The van der Waals surface area contributed by atoms with Gasteiger partial charge in [0, 0.05) is 19.3 Å². The van der Waals surface area contributed by atoms with Gasteiger partial charge in [-0.2, -0.15) is 0 Å². The van der Waals surface area contributed by atoms with Crippen molar-refractivity contribution in [3.8, 4) is 0 Å². The Bertz CT molecular complexity index is 1050. The lowest BCUT2D eigenvalue weighted by Crippen LogP contribution is -2.30. The zero-order valence-corrected chi connectivity index (χ0v) is 41.4. The Morgan fingerprint density at radius 2 is 0.629 bits per heavy atom. The summed E-state index contributed by atoms with van der Waals surface area (Å²) < 4.78 is 16.8. The molecule has 0 fully saturated rings. The molecule has 0 aliphatic rings. The summed E-state index contributed by atoms with van der Waals surface area (Å²) in [5.74, 6) is -0.882. The van der Waals surface area contributed by atoms with Crippen molar-refractivity contribution in [2.24, 2.45) is 0 Å². The first-order valence-corrected chi connectivity index (χ1v) is 27.0. The quantitative estimate of drug-likeness (QED) is 0.0262. The Morgan fingerprint density at radius 1 is 0.339 bits per heavy atom. The molecule has 0 rings (SSSR count). The summed E-state index contributed by atoms with van der Waals surface area (Å²) in [4.78, 5) is 38.0. The van der Waals surface area contributed by atoms with Crippen LogP contribution in [0, 0.1) is 0 Å². The van der Waals surface area contributed by atoms with Crippen molar-refractivity contribution in [1.82, 2.24) is 0 Å². The average Bonchev–Trinajstić information content (AvgIpc) is 3.27. The molecule has 0 saturated heterocycles. The molecule has 0 N–H and O–H groups in total. The number of rotatable bonds is 49. The summed E-state index contributed by atoms with van der Waals surface area (Å²) in [5.41, 5.74) is 0. The largest absolute Gasteiger partial charge is 0.462 e. The molecular weight excluding hydrogens is 769 g/mol. The van der Waals surface area contributed by atoms with Gasteiger partial charge < -0.3 is 14.2 Å². The van der Waals surface area contributed by atoms with Crippen LogP contribution in [0.4, 0.5) is 0 Å². The summed E-state index contributed by atoms with van der Waals surface area (Å²) >= 11 is 0. The number of ether oxygens (including phenoxy) is 3. The summed E-state index contributed by atoms with van der Waals surface area (Å²) in [7, 11) is 0. The molecule has 0 spiro atoms. The predicted molar refractivity (Wildman–Crippen MR) is 266 cm³/mol. The van der Waals surface area contributed by atoms with Gasteiger partial charge in [0.15, 0.2) is 6.10 Å². The molecule has 1 atom stereocenters. The van der Waals surface area contributed by atoms with E-state index in [2.05, 4.69) is 57.2 Å². The van der Waals surface area contributed by atoms with E-state index in [1.807, 2.05) is 0 Å². The van der Waals surface area contributed by atoms with Gasteiger partial charge in [-0.1, -0.05) is 231 Å². The van der Waals surface area contributed by atoms with Gasteiger partial charge in [0.05, 0.1) is 0 Å². The second-order valence-corrected chi connectivity index (χ2v) is 18.1. The van der Waals surface area contributed by atoms with Gasteiger partial charge in [0.25, 0.3) is 0 Å². The van der Waals surface area contributed by atoms with Gasteiger partial charge in [0.2, 0.25) is 0 Å². The van der Waals surface area contributed by atoms with Crippen LogP contribution in [0.3, 0.4) is 0 Å². The van der Waals surface area contributed by atoms with Crippen molar-refractivity contribution in [1.29, 1.82) is 0 Å². The molecule has 0 aliphatic carbocycles. The van der Waals surface area contributed by atoms with Gasteiger partial charge in [-0.25, -0.2) is 0 Å². The Kier molecular flexibility index (Phi) is 49.3. The van der Waals surface area contributed by atoms with Gasteiger partial charge in [-0.05, 0) is 70.6 Å². The number of hydrogen-bond acceptors (Lipinski definition) is 6. The summed E-state index contributed by atoms with van der Waals surface area (Å²) in [6, 6.07) is 0. The van der Waals surface area contributed by atoms with Gasteiger partial charge in [-0.3, -0.25) is 14.4 Å². The zero-order valence-electron chi connectivity index (χ0n) is 41.4. The normalized spacial score (nSPS) is 12.2. The summed E-state index contributed by atoms with van der Waals surface area (Å²) in [6.07, 6.45) is 59.9. The van der Waals surface area contributed by atoms with E-state index in [4.69, 9.17) is 14.2 Å². The monoisotopic (exact) mass is 871 g/mol. The minimum atomic E-state index is -0.776. The van der Waals surface area contributed by atoms with Crippen molar-refractivity contribution in [2.75, 3.05) is 13.2 Å². The molecule has 0 aromatic heterocycles. The molecule has 6 heteroatoms. The molecule has 1 unspecified atom stereocenters. The van der Waals surface area contributed by atoms with Crippen molar-refractivity contribution >= 4 is 17.9 Å². The number of carbonyl (C=O) groups is 3. The first-order valence-electron chi connectivity index (χ1n) is 27.0.